The molecule has 2 aliphatic rings. The normalized spacial score (nSPS) is 25.1. The van der Waals surface area contributed by atoms with Gasteiger partial charge in [-0.15, -0.1) is 0 Å². The van der Waals surface area contributed by atoms with Gasteiger partial charge in [0.1, 0.15) is 0 Å². The van der Waals surface area contributed by atoms with Crippen LogP contribution in [0.15, 0.2) is 0 Å². The maximum Gasteiger partial charge on any atom is -0.00191 e. The van der Waals surface area contributed by atoms with E-state index >= 15 is 0 Å². The summed E-state index contributed by atoms with van der Waals surface area (Å²) < 4.78 is 0. The van der Waals surface area contributed by atoms with Crippen molar-refractivity contribution in [1.82, 2.24) is 9.80 Å². The average Bonchev–Trinajstić information content (AvgIpc) is 2.25. The van der Waals surface area contributed by atoms with Crippen molar-refractivity contribution in [2.45, 2.75) is 47.0 Å². The summed E-state index contributed by atoms with van der Waals surface area (Å²) in [6.07, 6.45) is 7.30. The Labute approximate surface area is 109 Å². The minimum Gasteiger partial charge on any atom is -0.306 e. The number of likely N-dealkylation sites (tertiary alicyclic amines) is 2. The third-order valence-corrected chi connectivity index (χ3v) is 4.34. The molecule has 2 heteroatoms. The van der Waals surface area contributed by atoms with Crippen LogP contribution in [0.25, 0.3) is 0 Å². The molecule has 2 saturated heterocycles. The van der Waals surface area contributed by atoms with Gasteiger partial charge in [-0.1, -0.05) is 14.9 Å². The molecule has 0 aromatic rings. The van der Waals surface area contributed by atoms with E-state index in [1.807, 2.05) is 0 Å². The van der Waals surface area contributed by atoms with Gasteiger partial charge < -0.3 is 9.80 Å². The van der Waals surface area contributed by atoms with E-state index in [1.165, 1.54) is 58.3 Å². The molecule has 0 N–H and O–H groups in total. The summed E-state index contributed by atoms with van der Waals surface area (Å²) in [5, 5.41) is 0. The van der Waals surface area contributed by atoms with Gasteiger partial charge in [-0.3, -0.25) is 0 Å². The van der Waals surface area contributed by atoms with E-state index in [0.717, 1.165) is 11.8 Å². The van der Waals surface area contributed by atoms with Crippen LogP contribution in [-0.2, 0) is 0 Å². The fourth-order valence-corrected chi connectivity index (χ4v) is 3.07. The van der Waals surface area contributed by atoms with Crippen LogP contribution < -0.4 is 0 Å². The van der Waals surface area contributed by atoms with Crippen LogP contribution in [0.1, 0.15) is 47.0 Å². The zero-order chi connectivity index (χ0) is 10.7. The molecule has 0 saturated carbocycles. The molecule has 0 radical (unpaired) electrons. The Morgan fingerprint density at radius 2 is 1.00 bits per heavy atom. The highest BCUT2D eigenvalue weighted by Crippen LogP contribution is 2.29. The van der Waals surface area contributed by atoms with Crippen LogP contribution in [0.5, 0.6) is 0 Å². The van der Waals surface area contributed by atoms with Crippen molar-refractivity contribution in [3.63, 3.8) is 0 Å². The molecular weight excluding hydrogens is 208 g/mol. The highest BCUT2D eigenvalue weighted by atomic mass is 15.1. The maximum atomic E-state index is 2.48. The zero-order valence-electron chi connectivity index (χ0n) is 10.4. The van der Waals surface area contributed by atoms with Crippen LogP contribution in [0, 0.1) is 11.8 Å². The molecule has 2 rings (SSSR count). The van der Waals surface area contributed by atoms with Crippen molar-refractivity contribution in [2.24, 2.45) is 11.8 Å². The van der Waals surface area contributed by atoms with Crippen molar-refractivity contribution in [3.05, 3.63) is 0 Å². The fraction of sp³-hybridized carbons (Fsp3) is 1.00. The van der Waals surface area contributed by atoms with Crippen molar-refractivity contribution in [1.29, 1.82) is 0 Å². The number of hydrogen-bond acceptors (Lipinski definition) is 2. The SMILES string of the molecule is C.C.CN1CCC(CC2CCN(C)CC2)CC1. The summed E-state index contributed by atoms with van der Waals surface area (Å²) >= 11 is 0. The maximum absolute atomic E-state index is 2.48. The Morgan fingerprint density at radius 1 is 0.706 bits per heavy atom. The Kier molecular flexibility index (Phi) is 8.06. The minimum absolute atomic E-state index is 0. The van der Waals surface area contributed by atoms with Crippen LogP contribution in [0.2, 0.25) is 0 Å². The Bertz CT molecular complexity index is 157. The average molecular weight is 242 g/mol. The van der Waals surface area contributed by atoms with E-state index in [2.05, 4.69) is 23.9 Å². The van der Waals surface area contributed by atoms with Crippen LogP contribution >= 0.6 is 0 Å². The number of piperidine rings is 2. The third-order valence-electron chi connectivity index (χ3n) is 4.34. The summed E-state index contributed by atoms with van der Waals surface area (Å²) in [5.74, 6) is 2.07. The van der Waals surface area contributed by atoms with Gasteiger partial charge in [0.05, 0.1) is 0 Å². The Morgan fingerprint density at radius 3 is 1.29 bits per heavy atom. The van der Waals surface area contributed by atoms with Gasteiger partial charge in [-0.2, -0.15) is 0 Å². The van der Waals surface area contributed by atoms with Crippen molar-refractivity contribution >= 4 is 0 Å². The van der Waals surface area contributed by atoms with Gasteiger partial charge in [0.2, 0.25) is 0 Å². The van der Waals surface area contributed by atoms with Gasteiger partial charge in [0.25, 0.3) is 0 Å². The fourth-order valence-electron chi connectivity index (χ4n) is 3.07. The lowest BCUT2D eigenvalue weighted by Crippen LogP contribution is -2.34. The quantitative estimate of drug-likeness (QED) is 0.733. The molecule has 0 unspecified atom stereocenters. The summed E-state index contributed by atoms with van der Waals surface area (Å²) in [4.78, 5) is 4.95. The Hall–Kier alpha value is -0.0800. The monoisotopic (exact) mass is 242 g/mol. The van der Waals surface area contributed by atoms with Gasteiger partial charge >= 0.3 is 0 Å². The van der Waals surface area contributed by atoms with Crippen LogP contribution in [-0.4, -0.2) is 50.1 Å². The van der Waals surface area contributed by atoms with Gasteiger partial charge in [-0.05, 0) is 84.2 Å². The minimum atomic E-state index is 0. The second-order valence-corrected chi connectivity index (χ2v) is 5.73. The smallest absolute Gasteiger partial charge is 0.00191 e. The van der Waals surface area contributed by atoms with Crippen LogP contribution in [0.3, 0.4) is 0 Å². The standard InChI is InChI=1S/C13H26N2.2CH4/c1-14-7-3-12(4-8-14)11-13-5-9-15(2)10-6-13;;/h12-13H,3-11H2,1-2H3;2*1H4. The molecule has 0 aromatic heterocycles. The van der Waals surface area contributed by atoms with Gasteiger partial charge in [0.15, 0.2) is 0 Å². The van der Waals surface area contributed by atoms with E-state index in [-0.39, 0.29) is 14.9 Å². The lowest BCUT2D eigenvalue weighted by atomic mass is 9.83. The van der Waals surface area contributed by atoms with Gasteiger partial charge in [-0.25, -0.2) is 0 Å². The summed E-state index contributed by atoms with van der Waals surface area (Å²) in [6.45, 7) is 5.32. The van der Waals surface area contributed by atoms with Crippen LogP contribution in [0.4, 0.5) is 0 Å². The van der Waals surface area contributed by atoms with E-state index in [4.69, 9.17) is 0 Å². The van der Waals surface area contributed by atoms with E-state index in [9.17, 15) is 0 Å². The molecule has 17 heavy (non-hydrogen) atoms. The molecule has 0 amide bonds. The molecule has 2 aliphatic heterocycles. The summed E-state index contributed by atoms with van der Waals surface area (Å²) in [6, 6.07) is 0. The van der Waals surface area contributed by atoms with Gasteiger partial charge in [0, 0.05) is 0 Å². The predicted molar refractivity (Wildman–Crippen MR) is 78.5 cm³/mol. The zero-order valence-corrected chi connectivity index (χ0v) is 10.4. The number of hydrogen-bond donors (Lipinski definition) is 0. The molecule has 2 nitrogen and oxygen atoms in total. The lowest BCUT2D eigenvalue weighted by molar-refractivity contribution is 0.156. The first kappa shape index (κ1) is 16.9. The third kappa shape index (κ3) is 5.39. The molecule has 0 aliphatic carbocycles. The highest BCUT2D eigenvalue weighted by Gasteiger charge is 2.23. The molecule has 0 spiro atoms. The largest absolute Gasteiger partial charge is 0.306 e. The number of rotatable bonds is 2. The molecule has 0 bridgehead atoms. The predicted octanol–water partition coefficient (Wildman–Crippen LogP) is 3.33. The van der Waals surface area contributed by atoms with E-state index in [1.54, 1.807) is 0 Å². The lowest BCUT2D eigenvalue weighted by Gasteiger charge is -2.34. The molecule has 0 atom stereocenters. The van der Waals surface area contributed by atoms with E-state index < -0.39 is 0 Å². The number of nitrogens with zero attached hydrogens (tertiary/aromatic N) is 2. The van der Waals surface area contributed by atoms with E-state index in [0.29, 0.717) is 0 Å². The first-order chi connectivity index (χ1) is 7.24. The Balaban J connectivity index is 0.00000128. The van der Waals surface area contributed by atoms with Crippen molar-refractivity contribution in [2.75, 3.05) is 40.3 Å². The molecule has 0 aromatic carbocycles. The first-order valence-corrected chi connectivity index (χ1v) is 6.61. The molecule has 2 heterocycles. The summed E-state index contributed by atoms with van der Waals surface area (Å²) in [5.41, 5.74) is 0. The molecule has 104 valence electrons. The molecule has 2 fully saturated rings. The highest BCUT2D eigenvalue weighted by molar-refractivity contribution is 4.76. The topological polar surface area (TPSA) is 6.48 Å². The van der Waals surface area contributed by atoms with Crippen molar-refractivity contribution < 1.29 is 0 Å². The molecular formula is C15H34N2. The van der Waals surface area contributed by atoms with Crippen molar-refractivity contribution in [3.8, 4) is 0 Å². The first-order valence-electron chi connectivity index (χ1n) is 6.61. The second-order valence-electron chi connectivity index (χ2n) is 5.73. The summed E-state index contributed by atoms with van der Waals surface area (Å²) in [7, 11) is 4.51. The second kappa shape index (κ2) is 8.10.